The predicted molar refractivity (Wildman–Crippen MR) is 96.2 cm³/mol. The highest BCUT2D eigenvalue weighted by Gasteiger charge is 2.19. The Balaban J connectivity index is 1.99. The molecule has 0 aliphatic carbocycles. The first-order valence-electron chi connectivity index (χ1n) is 8.24. The van der Waals surface area contributed by atoms with Gasteiger partial charge in [-0.15, -0.1) is 0 Å². The molecule has 3 heterocycles. The van der Waals surface area contributed by atoms with E-state index in [9.17, 15) is 14.4 Å². The molecule has 0 unspecified atom stereocenters. The summed E-state index contributed by atoms with van der Waals surface area (Å²) in [7, 11) is 1.66. The van der Waals surface area contributed by atoms with Crippen LogP contribution in [0.3, 0.4) is 0 Å². The molecule has 136 valence electrons. The van der Waals surface area contributed by atoms with Crippen molar-refractivity contribution in [1.29, 1.82) is 0 Å². The Morgan fingerprint density at radius 1 is 1.31 bits per heavy atom. The van der Waals surface area contributed by atoms with Crippen LogP contribution in [0.25, 0.3) is 16.7 Å². The second-order valence-electron chi connectivity index (χ2n) is 6.35. The number of aryl methyl sites for hydroxylation is 2. The van der Waals surface area contributed by atoms with Crippen molar-refractivity contribution < 1.29 is 14.3 Å². The van der Waals surface area contributed by atoms with Gasteiger partial charge in [-0.1, -0.05) is 6.07 Å². The van der Waals surface area contributed by atoms with Crippen molar-refractivity contribution in [3.05, 3.63) is 46.0 Å². The highest BCUT2D eigenvalue weighted by molar-refractivity contribution is 5.99. The molecule has 0 bridgehead atoms. The lowest BCUT2D eigenvalue weighted by atomic mass is 10.3. The Bertz CT molecular complexity index is 1080. The molecular formula is C18H20N4O4. The number of pyridine rings is 1. The maximum atomic E-state index is 12.7. The van der Waals surface area contributed by atoms with E-state index in [1.54, 1.807) is 37.7 Å². The SMILES string of the molecule is Cc1cccn2c(=O)c3cc(C(=O)NCC(=O)OC(C)C)n(C)c3nc12. The van der Waals surface area contributed by atoms with Crippen molar-refractivity contribution in [1.82, 2.24) is 19.3 Å². The van der Waals surface area contributed by atoms with E-state index in [0.717, 1.165) is 5.56 Å². The smallest absolute Gasteiger partial charge is 0.325 e. The molecule has 0 aliphatic rings. The number of amides is 1. The van der Waals surface area contributed by atoms with Crippen LogP contribution in [0.1, 0.15) is 29.9 Å². The second kappa shape index (κ2) is 6.62. The predicted octanol–water partition coefficient (Wildman–Crippen LogP) is 1.18. The summed E-state index contributed by atoms with van der Waals surface area (Å²) >= 11 is 0. The lowest BCUT2D eigenvalue weighted by molar-refractivity contribution is -0.146. The van der Waals surface area contributed by atoms with Crippen molar-refractivity contribution in [2.75, 3.05) is 6.54 Å². The normalized spacial score (nSPS) is 11.3. The summed E-state index contributed by atoms with van der Waals surface area (Å²) < 4.78 is 7.99. The van der Waals surface area contributed by atoms with Gasteiger partial charge < -0.3 is 14.6 Å². The Kier molecular flexibility index (Phi) is 4.50. The van der Waals surface area contributed by atoms with Gasteiger partial charge >= 0.3 is 5.97 Å². The largest absolute Gasteiger partial charge is 0.462 e. The molecule has 0 aliphatic heterocycles. The van der Waals surface area contributed by atoms with Gasteiger partial charge in [0.2, 0.25) is 0 Å². The Morgan fingerprint density at radius 3 is 2.73 bits per heavy atom. The van der Waals surface area contributed by atoms with E-state index in [0.29, 0.717) is 16.7 Å². The molecule has 26 heavy (non-hydrogen) atoms. The molecular weight excluding hydrogens is 336 g/mol. The van der Waals surface area contributed by atoms with Gasteiger partial charge in [0.25, 0.3) is 11.5 Å². The maximum absolute atomic E-state index is 12.7. The molecule has 0 atom stereocenters. The zero-order valence-electron chi connectivity index (χ0n) is 15.1. The Morgan fingerprint density at radius 2 is 2.04 bits per heavy atom. The lowest BCUT2D eigenvalue weighted by Crippen LogP contribution is -2.32. The molecule has 1 N–H and O–H groups in total. The number of nitrogens with zero attached hydrogens (tertiary/aromatic N) is 3. The Hall–Kier alpha value is -3.16. The number of esters is 1. The van der Waals surface area contributed by atoms with Gasteiger partial charge in [0, 0.05) is 13.2 Å². The van der Waals surface area contributed by atoms with Gasteiger partial charge in [-0.2, -0.15) is 0 Å². The molecule has 0 fully saturated rings. The highest BCUT2D eigenvalue weighted by Crippen LogP contribution is 2.16. The van der Waals surface area contributed by atoms with Crippen molar-refractivity contribution in [3.8, 4) is 0 Å². The van der Waals surface area contributed by atoms with Gasteiger partial charge in [-0.3, -0.25) is 18.8 Å². The van der Waals surface area contributed by atoms with E-state index < -0.39 is 11.9 Å². The minimum atomic E-state index is -0.522. The van der Waals surface area contributed by atoms with Crippen LogP contribution >= 0.6 is 0 Å². The van der Waals surface area contributed by atoms with E-state index in [2.05, 4.69) is 10.3 Å². The fourth-order valence-corrected chi connectivity index (χ4v) is 2.80. The topological polar surface area (TPSA) is 94.7 Å². The molecule has 0 saturated heterocycles. The number of nitrogens with one attached hydrogen (secondary N) is 1. The average molecular weight is 356 g/mol. The second-order valence-corrected chi connectivity index (χ2v) is 6.35. The van der Waals surface area contributed by atoms with Crippen LogP contribution < -0.4 is 10.9 Å². The van der Waals surface area contributed by atoms with Gasteiger partial charge in [0.05, 0.1) is 11.5 Å². The van der Waals surface area contributed by atoms with Crippen molar-refractivity contribution in [2.45, 2.75) is 26.9 Å². The van der Waals surface area contributed by atoms with Crippen LogP contribution in [0.5, 0.6) is 0 Å². The van der Waals surface area contributed by atoms with Crippen LogP contribution in [0.2, 0.25) is 0 Å². The number of carbonyl (C=O) groups is 2. The first kappa shape index (κ1) is 17.7. The number of rotatable bonds is 4. The fraction of sp³-hybridized carbons (Fsp3) is 0.333. The summed E-state index contributed by atoms with van der Waals surface area (Å²) in [6, 6.07) is 5.13. The van der Waals surface area contributed by atoms with E-state index in [1.165, 1.54) is 10.5 Å². The van der Waals surface area contributed by atoms with Gasteiger partial charge in [-0.05, 0) is 38.5 Å². The molecule has 8 heteroatoms. The van der Waals surface area contributed by atoms with Gasteiger partial charge in [0.15, 0.2) is 0 Å². The molecule has 0 radical (unpaired) electrons. The summed E-state index contributed by atoms with van der Waals surface area (Å²) in [5, 5.41) is 2.85. The third-order valence-electron chi connectivity index (χ3n) is 4.02. The molecule has 8 nitrogen and oxygen atoms in total. The van der Waals surface area contributed by atoms with Crippen LogP contribution in [0.15, 0.2) is 29.2 Å². The maximum Gasteiger partial charge on any atom is 0.325 e. The first-order chi connectivity index (χ1) is 12.3. The standard InChI is InChI=1S/C18H20N4O4/c1-10(2)26-14(23)9-19-17(24)13-8-12-16(21(13)4)20-15-11(3)6-5-7-22(15)18(12)25/h5-8,10H,9H2,1-4H3,(H,19,24). The van der Waals surface area contributed by atoms with Gasteiger partial charge in [0.1, 0.15) is 23.5 Å². The summed E-state index contributed by atoms with van der Waals surface area (Å²) in [5.74, 6) is -0.997. The minimum Gasteiger partial charge on any atom is -0.462 e. The molecule has 3 aromatic heterocycles. The number of ether oxygens (including phenoxy) is 1. The van der Waals surface area contributed by atoms with Crippen LogP contribution in [0.4, 0.5) is 0 Å². The molecule has 0 spiro atoms. The summed E-state index contributed by atoms with van der Waals surface area (Å²) in [6.45, 7) is 5.08. The Labute approximate surface area is 149 Å². The van der Waals surface area contributed by atoms with Crippen molar-refractivity contribution in [3.63, 3.8) is 0 Å². The van der Waals surface area contributed by atoms with Crippen molar-refractivity contribution >= 4 is 28.6 Å². The fourth-order valence-electron chi connectivity index (χ4n) is 2.80. The third-order valence-corrected chi connectivity index (χ3v) is 4.02. The molecule has 0 saturated carbocycles. The van der Waals surface area contributed by atoms with Crippen LogP contribution in [0, 0.1) is 6.92 Å². The minimum absolute atomic E-state index is 0.244. The van der Waals surface area contributed by atoms with Crippen molar-refractivity contribution in [2.24, 2.45) is 7.05 Å². The summed E-state index contributed by atoms with van der Waals surface area (Å²) in [4.78, 5) is 41.3. The van der Waals surface area contributed by atoms with Crippen LogP contribution in [-0.2, 0) is 16.6 Å². The number of hydrogen-bond acceptors (Lipinski definition) is 5. The molecule has 0 aromatic carbocycles. The zero-order chi connectivity index (χ0) is 19.0. The summed E-state index contributed by atoms with van der Waals surface area (Å²) in [6.07, 6.45) is 1.39. The number of fused-ring (bicyclic) bond motifs is 2. The summed E-state index contributed by atoms with van der Waals surface area (Å²) in [5.41, 5.74) is 1.81. The highest BCUT2D eigenvalue weighted by atomic mass is 16.5. The average Bonchev–Trinajstić information content (AvgIpc) is 2.91. The third kappa shape index (κ3) is 3.05. The molecule has 3 rings (SSSR count). The first-order valence-corrected chi connectivity index (χ1v) is 8.24. The quantitative estimate of drug-likeness (QED) is 0.708. The molecule has 1 amide bonds. The number of carbonyl (C=O) groups excluding carboxylic acids is 2. The van der Waals surface area contributed by atoms with E-state index in [4.69, 9.17) is 4.74 Å². The van der Waals surface area contributed by atoms with E-state index >= 15 is 0 Å². The van der Waals surface area contributed by atoms with E-state index in [-0.39, 0.29) is 23.9 Å². The van der Waals surface area contributed by atoms with Gasteiger partial charge in [-0.25, -0.2) is 4.98 Å². The molecule has 3 aromatic rings. The zero-order valence-corrected chi connectivity index (χ0v) is 15.1. The van der Waals surface area contributed by atoms with Crippen LogP contribution in [-0.4, -0.2) is 38.5 Å². The number of hydrogen-bond donors (Lipinski definition) is 1. The van der Waals surface area contributed by atoms with E-state index in [1.807, 2.05) is 13.0 Å². The monoisotopic (exact) mass is 356 g/mol. The number of aromatic nitrogens is 3. The lowest BCUT2D eigenvalue weighted by Gasteiger charge is -2.09.